The number of rotatable bonds is 3. The summed E-state index contributed by atoms with van der Waals surface area (Å²) in [4.78, 5) is 5.42. The van der Waals surface area contributed by atoms with Crippen LogP contribution < -0.4 is 0 Å². The average molecular weight is 632 g/mol. The predicted molar refractivity (Wildman–Crippen MR) is 189 cm³/mol. The van der Waals surface area contributed by atoms with Crippen molar-refractivity contribution in [3.05, 3.63) is 162 Å². The molecule has 8 aromatic rings. The van der Waals surface area contributed by atoms with Gasteiger partial charge in [-0.25, -0.2) is 0 Å². The van der Waals surface area contributed by atoms with Gasteiger partial charge in [-0.15, -0.1) is 0 Å². The van der Waals surface area contributed by atoms with E-state index in [2.05, 4.69) is 66.7 Å². The van der Waals surface area contributed by atoms with Crippen molar-refractivity contribution in [1.29, 1.82) is 0 Å². The van der Waals surface area contributed by atoms with Gasteiger partial charge in [0.15, 0.2) is 0 Å². The van der Waals surface area contributed by atoms with Gasteiger partial charge in [-0.05, 0) is 87.1 Å². The van der Waals surface area contributed by atoms with E-state index in [1.54, 1.807) is 12.1 Å². The highest BCUT2D eigenvalue weighted by molar-refractivity contribution is 6.17. The summed E-state index contributed by atoms with van der Waals surface area (Å²) in [6, 6.07) is 45.2. The Balaban J connectivity index is 1.17. The molecule has 232 valence electrons. The summed E-state index contributed by atoms with van der Waals surface area (Å²) >= 11 is 0. The van der Waals surface area contributed by atoms with E-state index in [0.29, 0.717) is 12.8 Å². The SMILES string of the molecule is FC(F)(F)c1ccc([C@H]2CCC(c3ccc(-c4ccc5oc6ccccc6c5c4)cc3)=Nc3c2c2ccccc2c2ccccc32)cc1. The Morgan fingerprint density at radius 1 is 0.542 bits per heavy atom. The molecule has 7 aromatic carbocycles. The molecule has 2 nitrogen and oxygen atoms in total. The molecule has 1 aliphatic rings. The minimum Gasteiger partial charge on any atom is -0.456 e. The van der Waals surface area contributed by atoms with Crippen LogP contribution in [-0.2, 0) is 6.18 Å². The standard InChI is InChI=1S/C43H28F3NO/c44-43(45,46)30-20-17-27(18-21-30)31-22-23-38(47-42-36-11-4-2-8-33(36)32-7-1-3-10-35(32)41(31)42)28-15-13-26(14-16-28)29-19-24-40-37(25-29)34-9-5-6-12-39(34)48-40/h1-21,24-25,31H,22-23H2/t31-/m1/s1. The summed E-state index contributed by atoms with van der Waals surface area (Å²) in [6.07, 6.45) is -3.00. The van der Waals surface area contributed by atoms with Crippen LogP contribution in [0.1, 0.15) is 41.0 Å². The number of alkyl halides is 3. The Kier molecular flexibility index (Phi) is 6.51. The lowest BCUT2D eigenvalue weighted by atomic mass is 9.82. The van der Waals surface area contributed by atoms with Crippen LogP contribution in [0.25, 0.3) is 54.6 Å². The summed E-state index contributed by atoms with van der Waals surface area (Å²) < 4.78 is 46.6. The van der Waals surface area contributed by atoms with Gasteiger partial charge in [0, 0.05) is 27.8 Å². The highest BCUT2D eigenvalue weighted by Gasteiger charge is 2.31. The van der Waals surface area contributed by atoms with Crippen molar-refractivity contribution in [2.45, 2.75) is 24.9 Å². The van der Waals surface area contributed by atoms with Crippen LogP contribution in [0.2, 0.25) is 0 Å². The monoisotopic (exact) mass is 631 g/mol. The molecule has 0 radical (unpaired) electrons. The van der Waals surface area contributed by atoms with Gasteiger partial charge in [0.2, 0.25) is 0 Å². The number of hydrogen-bond donors (Lipinski definition) is 0. The van der Waals surface area contributed by atoms with Crippen LogP contribution in [0.3, 0.4) is 0 Å². The van der Waals surface area contributed by atoms with E-state index in [-0.39, 0.29) is 5.92 Å². The maximum absolute atomic E-state index is 13.5. The molecule has 1 aromatic heterocycles. The van der Waals surface area contributed by atoms with E-state index in [1.807, 2.05) is 48.5 Å². The number of fused-ring (bicyclic) bond motifs is 9. The molecule has 48 heavy (non-hydrogen) atoms. The molecular formula is C43H28F3NO. The fourth-order valence-electron chi connectivity index (χ4n) is 7.45. The highest BCUT2D eigenvalue weighted by atomic mass is 19.4. The first-order chi connectivity index (χ1) is 23.4. The highest BCUT2D eigenvalue weighted by Crippen LogP contribution is 2.48. The number of halogens is 3. The molecule has 1 aliphatic heterocycles. The lowest BCUT2D eigenvalue weighted by molar-refractivity contribution is -0.137. The fourth-order valence-corrected chi connectivity index (χ4v) is 7.45. The van der Waals surface area contributed by atoms with E-state index in [0.717, 1.165) is 82.7 Å². The Morgan fingerprint density at radius 2 is 1.12 bits per heavy atom. The minimum absolute atomic E-state index is 0.131. The molecule has 0 unspecified atom stereocenters. The first kappa shape index (κ1) is 28.5. The van der Waals surface area contributed by atoms with Crippen molar-refractivity contribution in [3.63, 3.8) is 0 Å². The quantitative estimate of drug-likeness (QED) is 0.178. The van der Waals surface area contributed by atoms with Gasteiger partial charge in [0.25, 0.3) is 0 Å². The van der Waals surface area contributed by atoms with Crippen molar-refractivity contribution in [3.8, 4) is 11.1 Å². The normalized spacial score (nSPS) is 15.1. The zero-order valence-corrected chi connectivity index (χ0v) is 25.8. The molecule has 0 spiro atoms. The number of benzene rings is 7. The van der Waals surface area contributed by atoms with E-state index in [4.69, 9.17) is 9.41 Å². The fraction of sp³-hybridized carbons (Fsp3) is 0.0930. The Morgan fingerprint density at radius 3 is 1.85 bits per heavy atom. The van der Waals surface area contributed by atoms with Crippen molar-refractivity contribution < 1.29 is 17.6 Å². The Bertz CT molecular complexity index is 2540. The largest absolute Gasteiger partial charge is 0.456 e. The van der Waals surface area contributed by atoms with Gasteiger partial charge in [0.1, 0.15) is 11.2 Å². The summed E-state index contributed by atoms with van der Waals surface area (Å²) in [5.41, 5.74) is 8.12. The molecule has 9 rings (SSSR count). The molecule has 0 bridgehead atoms. The van der Waals surface area contributed by atoms with E-state index in [9.17, 15) is 13.2 Å². The van der Waals surface area contributed by atoms with Gasteiger partial charge >= 0.3 is 6.18 Å². The van der Waals surface area contributed by atoms with Crippen molar-refractivity contribution >= 4 is 54.9 Å². The second-order valence-electron chi connectivity index (χ2n) is 12.5. The molecule has 0 N–H and O–H groups in total. The average Bonchev–Trinajstić information content (AvgIpc) is 3.37. The van der Waals surface area contributed by atoms with E-state index in [1.165, 1.54) is 12.1 Å². The lowest BCUT2D eigenvalue weighted by Gasteiger charge is -2.22. The van der Waals surface area contributed by atoms with E-state index >= 15 is 0 Å². The van der Waals surface area contributed by atoms with Gasteiger partial charge in [-0.3, -0.25) is 4.99 Å². The zero-order chi connectivity index (χ0) is 32.4. The van der Waals surface area contributed by atoms with Crippen LogP contribution in [0, 0.1) is 0 Å². The summed E-state index contributed by atoms with van der Waals surface area (Å²) in [7, 11) is 0. The number of para-hydroxylation sites is 1. The maximum atomic E-state index is 13.5. The van der Waals surface area contributed by atoms with Crippen LogP contribution in [0.15, 0.2) is 149 Å². The molecule has 1 atom stereocenters. The number of hydrogen-bond acceptors (Lipinski definition) is 2. The topological polar surface area (TPSA) is 25.5 Å². The van der Waals surface area contributed by atoms with Crippen molar-refractivity contribution in [1.82, 2.24) is 0 Å². The summed E-state index contributed by atoms with van der Waals surface area (Å²) in [5.74, 6) is -0.131. The summed E-state index contributed by atoms with van der Waals surface area (Å²) in [6.45, 7) is 0. The first-order valence-corrected chi connectivity index (χ1v) is 16.1. The van der Waals surface area contributed by atoms with Gasteiger partial charge < -0.3 is 4.42 Å². The zero-order valence-electron chi connectivity index (χ0n) is 25.8. The molecular weight excluding hydrogens is 603 g/mol. The van der Waals surface area contributed by atoms with Crippen LogP contribution in [-0.4, -0.2) is 5.71 Å². The molecule has 0 saturated carbocycles. The predicted octanol–water partition coefficient (Wildman–Crippen LogP) is 12.6. The van der Waals surface area contributed by atoms with Crippen molar-refractivity contribution in [2.75, 3.05) is 0 Å². The van der Waals surface area contributed by atoms with Gasteiger partial charge in [-0.1, -0.05) is 109 Å². The Labute approximate surface area is 274 Å². The molecule has 5 heteroatoms. The Hall–Kier alpha value is -5.68. The second-order valence-corrected chi connectivity index (χ2v) is 12.5. The van der Waals surface area contributed by atoms with Crippen LogP contribution in [0.5, 0.6) is 0 Å². The van der Waals surface area contributed by atoms with Crippen molar-refractivity contribution in [2.24, 2.45) is 4.99 Å². The third kappa shape index (κ3) is 4.69. The molecule has 0 saturated heterocycles. The first-order valence-electron chi connectivity index (χ1n) is 16.1. The van der Waals surface area contributed by atoms with Crippen LogP contribution >= 0.6 is 0 Å². The van der Waals surface area contributed by atoms with Gasteiger partial charge in [-0.2, -0.15) is 13.2 Å². The minimum atomic E-state index is -4.39. The maximum Gasteiger partial charge on any atom is 0.416 e. The number of nitrogens with zero attached hydrogens (tertiary/aromatic N) is 1. The van der Waals surface area contributed by atoms with E-state index < -0.39 is 11.7 Å². The van der Waals surface area contributed by atoms with Gasteiger partial charge in [0.05, 0.1) is 11.3 Å². The molecule has 2 heterocycles. The third-order valence-electron chi connectivity index (χ3n) is 9.78. The number of aliphatic imine (C=N–C) groups is 1. The molecule has 0 amide bonds. The lowest BCUT2D eigenvalue weighted by Crippen LogP contribution is -2.07. The molecule has 0 aliphatic carbocycles. The molecule has 0 fully saturated rings. The number of furan rings is 1. The van der Waals surface area contributed by atoms with Crippen LogP contribution in [0.4, 0.5) is 18.9 Å². The second kappa shape index (κ2) is 11.0. The summed E-state index contributed by atoms with van der Waals surface area (Å²) in [5, 5.41) is 6.54. The third-order valence-corrected chi connectivity index (χ3v) is 9.78. The smallest absolute Gasteiger partial charge is 0.416 e.